The molecule has 0 saturated carbocycles. The molecule has 0 aromatic heterocycles. The number of rotatable bonds is 1. The first kappa shape index (κ1) is 15.3. The van der Waals surface area contributed by atoms with Crippen molar-refractivity contribution in [2.24, 2.45) is 0 Å². The maximum Gasteiger partial charge on any atom is 0.290 e. The molecule has 0 heterocycles. The predicted octanol–water partition coefficient (Wildman–Crippen LogP) is 2.27. The number of hydrogen-bond acceptors (Lipinski definition) is 3. The van der Waals surface area contributed by atoms with E-state index in [1.165, 1.54) is 27.9 Å². The van der Waals surface area contributed by atoms with Gasteiger partial charge in [0.05, 0.1) is 0 Å². The average Bonchev–Trinajstić information content (AvgIpc) is 2.24. The van der Waals surface area contributed by atoms with Crippen molar-refractivity contribution in [2.45, 2.75) is 27.7 Å². The van der Waals surface area contributed by atoms with Crippen LogP contribution in [0.5, 0.6) is 0 Å². The second-order valence-electron chi connectivity index (χ2n) is 4.26. The Morgan fingerprint density at radius 3 is 1.76 bits per heavy atom. The lowest BCUT2D eigenvalue weighted by Crippen LogP contribution is -2.14. The molecule has 0 aliphatic heterocycles. The quantitative estimate of drug-likeness (QED) is 0.582. The number of benzene rings is 1. The van der Waals surface area contributed by atoms with Crippen molar-refractivity contribution < 1.29 is 9.90 Å². The third kappa shape index (κ3) is 3.12. The molecule has 0 saturated heterocycles. The Hall–Kier alpha value is -1.71. The van der Waals surface area contributed by atoms with Crippen LogP contribution in [0.15, 0.2) is 0 Å². The Balaban J connectivity index is 0.000000770. The van der Waals surface area contributed by atoms with Crippen LogP contribution in [0.1, 0.15) is 22.3 Å². The second-order valence-corrected chi connectivity index (χ2v) is 4.26. The molecule has 0 spiro atoms. The molecule has 0 aliphatic carbocycles. The molecule has 3 N–H and O–H groups in total. The van der Waals surface area contributed by atoms with Crippen molar-refractivity contribution in [1.82, 2.24) is 0 Å². The van der Waals surface area contributed by atoms with E-state index in [-0.39, 0.29) is 6.47 Å². The number of nitrogen functional groups attached to an aromatic ring is 1. The molecule has 1 rings (SSSR count). The molecule has 0 radical (unpaired) electrons. The van der Waals surface area contributed by atoms with Gasteiger partial charge in [0, 0.05) is 25.5 Å². The number of carboxylic acid groups (broad SMARTS) is 1. The molecular weight excluding hydrogens is 216 g/mol. The second kappa shape index (κ2) is 6.13. The van der Waals surface area contributed by atoms with Crippen LogP contribution in [-0.4, -0.2) is 25.7 Å². The van der Waals surface area contributed by atoms with Crippen LogP contribution in [0, 0.1) is 27.7 Å². The molecule has 0 aliphatic rings. The summed E-state index contributed by atoms with van der Waals surface area (Å²) in [5, 5.41) is 6.89. The van der Waals surface area contributed by atoms with Crippen LogP contribution in [0.4, 0.5) is 11.4 Å². The summed E-state index contributed by atoms with van der Waals surface area (Å²) < 4.78 is 0. The summed E-state index contributed by atoms with van der Waals surface area (Å²) in [5.41, 5.74) is 13.3. The topological polar surface area (TPSA) is 66.6 Å². The molecule has 96 valence electrons. The zero-order chi connectivity index (χ0) is 13.7. The zero-order valence-electron chi connectivity index (χ0n) is 11.5. The van der Waals surface area contributed by atoms with Gasteiger partial charge in [-0.05, 0) is 49.9 Å². The maximum absolute atomic E-state index is 8.36. The minimum absolute atomic E-state index is 0.250. The number of nitrogens with zero attached hydrogens (tertiary/aromatic N) is 1. The van der Waals surface area contributed by atoms with E-state index in [4.69, 9.17) is 15.6 Å². The molecule has 17 heavy (non-hydrogen) atoms. The van der Waals surface area contributed by atoms with Gasteiger partial charge in [-0.1, -0.05) is 0 Å². The lowest BCUT2D eigenvalue weighted by Gasteiger charge is -2.23. The molecule has 0 bridgehead atoms. The fraction of sp³-hybridized carbons (Fsp3) is 0.462. The Bertz CT molecular complexity index is 383. The predicted molar refractivity (Wildman–Crippen MR) is 72.8 cm³/mol. The van der Waals surface area contributed by atoms with E-state index < -0.39 is 0 Å². The van der Waals surface area contributed by atoms with E-state index in [2.05, 4.69) is 46.7 Å². The van der Waals surface area contributed by atoms with Gasteiger partial charge in [0.25, 0.3) is 6.47 Å². The summed E-state index contributed by atoms with van der Waals surface area (Å²) in [7, 11) is 4.12. The van der Waals surface area contributed by atoms with E-state index in [0.717, 1.165) is 5.69 Å². The Morgan fingerprint density at radius 2 is 1.41 bits per heavy atom. The minimum Gasteiger partial charge on any atom is -0.483 e. The first-order valence-electron chi connectivity index (χ1n) is 5.40. The van der Waals surface area contributed by atoms with Gasteiger partial charge in [0.15, 0.2) is 0 Å². The van der Waals surface area contributed by atoms with E-state index in [9.17, 15) is 0 Å². The summed E-state index contributed by atoms with van der Waals surface area (Å²) in [6, 6.07) is 0. The van der Waals surface area contributed by atoms with E-state index >= 15 is 0 Å². The Morgan fingerprint density at radius 1 is 1.00 bits per heavy atom. The fourth-order valence-electron chi connectivity index (χ4n) is 2.02. The van der Waals surface area contributed by atoms with Gasteiger partial charge in [-0.3, -0.25) is 4.79 Å². The first-order chi connectivity index (χ1) is 7.79. The standard InChI is InChI=1S/C12H20N2.CH2O2/c1-7-8(2)11(13)10(4)12(9(7)3)14(5)6;2-1-3/h13H2,1-6H3;1H,(H,2,3). The zero-order valence-corrected chi connectivity index (χ0v) is 11.5. The largest absolute Gasteiger partial charge is 0.483 e. The lowest BCUT2D eigenvalue weighted by molar-refractivity contribution is -0.122. The van der Waals surface area contributed by atoms with Crippen LogP contribution in [0.3, 0.4) is 0 Å². The number of carbonyl (C=O) groups is 1. The van der Waals surface area contributed by atoms with E-state index in [1.54, 1.807) is 0 Å². The van der Waals surface area contributed by atoms with Gasteiger partial charge in [-0.15, -0.1) is 0 Å². The first-order valence-corrected chi connectivity index (χ1v) is 5.40. The van der Waals surface area contributed by atoms with E-state index in [1.807, 2.05) is 0 Å². The van der Waals surface area contributed by atoms with Crippen LogP contribution < -0.4 is 10.6 Å². The smallest absolute Gasteiger partial charge is 0.290 e. The molecule has 4 nitrogen and oxygen atoms in total. The van der Waals surface area contributed by atoms with Gasteiger partial charge in [-0.25, -0.2) is 0 Å². The third-order valence-electron chi connectivity index (χ3n) is 3.09. The monoisotopic (exact) mass is 238 g/mol. The van der Waals surface area contributed by atoms with Crippen LogP contribution in [-0.2, 0) is 4.79 Å². The van der Waals surface area contributed by atoms with Crippen LogP contribution in [0.2, 0.25) is 0 Å². The molecule has 4 heteroatoms. The van der Waals surface area contributed by atoms with Crippen molar-refractivity contribution in [1.29, 1.82) is 0 Å². The summed E-state index contributed by atoms with van der Waals surface area (Å²) in [5.74, 6) is 0. The summed E-state index contributed by atoms with van der Waals surface area (Å²) in [6.45, 7) is 8.21. The highest BCUT2D eigenvalue weighted by atomic mass is 16.3. The highest BCUT2D eigenvalue weighted by Gasteiger charge is 2.13. The van der Waals surface area contributed by atoms with E-state index in [0.29, 0.717) is 0 Å². The summed E-state index contributed by atoms with van der Waals surface area (Å²) in [4.78, 5) is 10.5. The molecule has 1 aromatic rings. The highest BCUT2D eigenvalue weighted by Crippen LogP contribution is 2.33. The van der Waals surface area contributed by atoms with Crippen molar-refractivity contribution >= 4 is 17.8 Å². The van der Waals surface area contributed by atoms with Gasteiger partial charge in [-0.2, -0.15) is 0 Å². The van der Waals surface area contributed by atoms with Crippen molar-refractivity contribution in [3.8, 4) is 0 Å². The average molecular weight is 238 g/mol. The lowest BCUT2D eigenvalue weighted by atomic mass is 9.96. The van der Waals surface area contributed by atoms with Crippen LogP contribution in [0.25, 0.3) is 0 Å². The summed E-state index contributed by atoms with van der Waals surface area (Å²) >= 11 is 0. The fourth-order valence-corrected chi connectivity index (χ4v) is 2.02. The summed E-state index contributed by atoms with van der Waals surface area (Å²) in [6.07, 6.45) is 0. The molecular formula is C13H22N2O2. The molecule has 0 amide bonds. The molecule has 0 unspecified atom stereocenters. The van der Waals surface area contributed by atoms with Gasteiger partial charge >= 0.3 is 0 Å². The highest BCUT2D eigenvalue weighted by molar-refractivity contribution is 5.73. The van der Waals surface area contributed by atoms with Crippen molar-refractivity contribution in [3.63, 3.8) is 0 Å². The third-order valence-corrected chi connectivity index (χ3v) is 3.09. The number of anilines is 2. The normalized spacial score (nSPS) is 9.29. The number of nitrogens with two attached hydrogens (primary N) is 1. The maximum atomic E-state index is 8.36. The van der Waals surface area contributed by atoms with Gasteiger partial charge < -0.3 is 15.7 Å². The minimum atomic E-state index is -0.250. The SMILES string of the molecule is Cc1c(C)c(N)c(C)c(N(C)C)c1C.O=CO. The Kier molecular flexibility index (Phi) is 5.51. The Labute approximate surface area is 103 Å². The van der Waals surface area contributed by atoms with Gasteiger partial charge in [0.1, 0.15) is 0 Å². The van der Waals surface area contributed by atoms with Crippen LogP contribution >= 0.6 is 0 Å². The number of hydrogen-bond donors (Lipinski definition) is 2. The molecule has 1 aromatic carbocycles. The van der Waals surface area contributed by atoms with Gasteiger partial charge in [0.2, 0.25) is 0 Å². The van der Waals surface area contributed by atoms with Crippen molar-refractivity contribution in [3.05, 3.63) is 22.3 Å². The molecule has 0 atom stereocenters. The van der Waals surface area contributed by atoms with Crippen molar-refractivity contribution in [2.75, 3.05) is 24.7 Å². The molecule has 0 fully saturated rings.